The van der Waals surface area contributed by atoms with Crippen LogP contribution >= 0.6 is 0 Å². The van der Waals surface area contributed by atoms with Gasteiger partial charge in [0.25, 0.3) is 5.91 Å². The summed E-state index contributed by atoms with van der Waals surface area (Å²) in [6.45, 7) is 0.252. The highest BCUT2D eigenvalue weighted by molar-refractivity contribution is 5.94. The molecule has 1 saturated heterocycles. The lowest BCUT2D eigenvalue weighted by Gasteiger charge is -2.24. The molecule has 1 N–H and O–H groups in total. The maximum Gasteiger partial charge on any atom is 0.254 e. The van der Waals surface area contributed by atoms with Gasteiger partial charge in [-0.3, -0.25) is 9.78 Å². The van der Waals surface area contributed by atoms with Crippen molar-refractivity contribution in [3.05, 3.63) is 65.7 Å². The van der Waals surface area contributed by atoms with Crippen LogP contribution in [0.2, 0.25) is 0 Å². The second-order valence-electron chi connectivity index (χ2n) is 5.15. The lowest BCUT2D eigenvalue weighted by molar-refractivity contribution is 0.0715. The molecule has 1 aliphatic heterocycles. The first-order valence-electron chi connectivity index (χ1n) is 6.79. The molecule has 3 rings (SSSR count). The van der Waals surface area contributed by atoms with Crippen LogP contribution in [-0.4, -0.2) is 33.5 Å². The molecule has 21 heavy (non-hydrogen) atoms. The first kappa shape index (κ1) is 13.7. The number of hydrogen-bond donors (Lipinski definition) is 1. The summed E-state index contributed by atoms with van der Waals surface area (Å²) in [7, 11) is 0. The molecule has 0 spiro atoms. The monoisotopic (exact) mass is 286 g/mol. The van der Waals surface area contributed by atoms with Gasteiger partial charge in [0, 0.05) is 24.5 Å². The van der Waals surface area contributed by atoms with Crippen molar-refractivity contribution in [1.29, 1.82) is 0 Å². The summed E-state index contributed by atoms with van der Waals surface area (Å²) in [5.74, 6) is -0.520. The topological polar surface area (TPSA) is 53.4 Å². The number of likely N-dealkylation sites (tertiary alicyclic amines) is 1. The molecule has 5 heteroatoms. The third-order valence-electron chi connectivity index (χ3n) is 3.70. The number of rotatable bonds is 2. The normalized spacial score (nSPS) is 21.5. The standard InChI is InChI=1S/C16H15FN2O2/c17-13-3-1-2-12(8-13)15-9-14(20)10-19(15)16(21)11-4-6-18-7-5-11/h1-8,14-15,20H,9-10H2. The minimum Gasteiger partial charge on any atom is -0.391 e. The van der Waals surface area contributed by atoms with Crippen molar-refractivity contribution in [2.45, 2.75) is 18.6 Å². The van der Waals surface area contributed by atoms with Gasteiger partial charge in [0.05, 0.1) is 12.1 Å². The number of amides is 1. The Hall–Kier alpha value is -2.27. The average molecular weight is 286 g/mol. The SMILES string of the molecule is O=C(c1ccncc1)N1CC(O)CC1c1cccc(F)c1. The van der Waals surface area contributed by atoms with Gasteiger partial charge in [0.15, 0.2) is 0 Å². The Bertz CT molecular complexity index is 648. The van der Waals surface area contributed by atoms with Gasteiger partial charge in [-0.05, 0) is 36.2 Å². The maximum absolute atomic E-state index is 13.4. The van der Waals surface area contributed by atoms with E-state index in [1.807, 2.05) is 0 Å². The molecule has 1 amide bonds. The number of hydrogen-bond acceptors (Lipinski definition) is 3. The molecule has 0 aliphatic carbocycles. The zero-order chi connectivity index (χ0) is 14.8. The predicted octanol–water partition coefficient (Wildman–Crippen LogP) is 2.17. The Kier molecular flexibility index (Phi) is 3.66. The number of carbonyl (C=O) groups excluding carboxylic acids is 1. The maximum atomic E-state index is 13.4. The molecular formula is C16H15FN2O2. The van der Waals surface area contributed by atoms with Crippen molar-refractivity contribution in [2.75, 3.05) is 6.54 Å². The zero-order valence-electron chi connectivity index (χ0n) is 11.3. The van der Waals surface area contributed by atoms with Crippen LogP contribution in [0.15, 0.2) is 48.8 Å². The Balaban J connectivity index is 1.91. The molecule has 1 aromatic heterocycles. The number of halogens is 1. The summed E-state index contributed by atoms with van der Waals surface area (Å²) in [6.07, 6.45) is 2.93. The number of benzene rings is 1. The summed E-state index contributed by atoms with van der Waals surface area (Å²) in [6, 6.07) is 9.13. The largest absolute Gasteiger partial charge is 0.391 e. The third kappa shape index (κ3) is 2.78. The summed E-state index contributed by atoms with van der Waals surface area (Å²) in [4.78, 5) is 18.0. The number of pyridine rings is 1. The van der Waals surface area contributed by atoms with Crippen molar-refractivity contribution in [3.8, 4) is 0 Å². The quantitative estimate of drug-likeness (QED) is 0.920. The minimum atomic E-state index is -0.593. The Morgan fingerprint density at radius 2 is 2.05 bits per heavy atom. The fourth-order valence-electron chi connectivity index (χ4n) is 2.73. The van der Waals surface area contributed by atoms with Crippen LogP contribution in [0, 0.1) is 5.82 Å². The molecule has 4 nitrogen and oxygen atoms in total. The van der Waals surface area contributed by atoms with E-state index < -0.39 is 6.10 Å². The van der Waals surface area contributed by atoms with Gasteiger partial charge < -0.3 is 10.0 Å². The first-order valence-corrected chi connectivity index (χ1v) is 6.79. The van der Waals surface area contributed by atoms with E-state index in [1.165, 1.54) is 12.1 Å². The summed E-state index contributed by atoms with van der Waals surface area (Å²) in [5, 5.41) is 9.90. The predicted molar refractivity (Wildman–Crippen MR) is 75.0 cm³/mol. The highest BCUT2D eigenvalue weighted by Gasteiger charge is 2.35. The fraction of sp³-hybridized carbons (Fsp3) is 0.250. The third-order valence-corrected chi connectivity index (χ3v) is 3.70. The molecule has 2 heterocycles. The number of carbonyl (C=O) groups is 1. The highest BCUT2D eigenvalue weighted by Crippen LogP contribution is 2.33. The van der Waals surface area contributed by atoms with Gasteiger partial charge in [-0.25, -0.2) is 4.39 Å². The van der Waals surface area contributed by atoms with Gasteiger partial charge in [-0.15, -0.1) is 0 Å². The van der Waals surface area contributed by atoms with Crippen LogP contribution in [0.25, 0.3) is 0 Å². The van der Waals surface area contributed by atoms with Gasteiger partial charge in [0.1, 0.15) is 5.82 Å². The lowest BCUT2D eigenvalue weighted by Crippen LogP contribution is -2.31. The first-order chi connectivity index (χ1) is 10.1. The smallest absolute Gasteiger partial charge is 0.254 e. The van der Waals surface area contributed by atoms with E-state index in [1.54, 1.807) is 41.6 Å². The van der Waals surface area contributed by atoms with Crippen LogP contribution in [0.1, 0.15) is 28.4 Å². The van der Waals surface area contributed by atoms with Crippen LogP contribution < -0.4 is 0 Å². The Morgan fingerprint density at radius 1 is 1.29 bits per heavy atom. The van der Waals surface area contributed by atoms with Gasteiger partial charge in [-0.1, -0.05) is 12.1 Å². The van der Waals surface area contributed by atoms with Gasteiger partial charge in [0.2, 0.25) is 0 Å². The number of aliphatic hydroxyl groups is 1. The molecule has 2 atom stereocenters. The Labute approximate surface area is 121 Å². The fourth-order valence-corrected chi connectivity index (χ4v) is 2.73. The van der Waals surface area contributed by atoms with Crippen molar-refractivity contribution in [2.24, 2.45) is 0 Å². The van der Waals surface area contributed by atoms with Crippen LogP contribution in [-0.2, 0) is 0 Å². The van der Waals surface area contributed by atoms with Crippen molar-refractivity contribution in [3.63, 3.8) is 0 Å². The van der Waals surface area contributed by atoms with E-state index in [2.05, 4.69) is 4.98 Å². The molecule has 2 unspecified atom stereocenters. The van der Waals surface area contributed by atoms with Crippen LogP contribution in [0.5, 0.6) is 0 Å². The van der Waals surface area contributed by atoms with Crippen molar-refractivity contribution >= 4 is 5.91 Å². The number of aromatic nitrogens is 1. The molecule has 2 aromatic rings. The molecule has 1 aliphatic rings. The van der Waals surface area contributed by atoms with Crippen molar-refractivity contribution in [1.82, 2.24) is 9.88 Å². The number of β-amino-alcohol motifs (C(OH)–C–C–N with tert-alkyl or cyclic N) is 1. The highest BCUT2D eigenvalue weighted by atomic mass is 19.1. The number of nitrogens with zero attached hydrogens (tertiary/aromatic N) is 2. The van der Waals surface area contributed by atoms with Crippen molar-refractivity contribution < 1.29 is 14.3 Å². The summed E-state index contributed by atoms with van der Waals surface area (Å²) < 4.78 is 13.4. The number of aliphatic hydroxyl groups excluding tert-OH is 1. The summed E-state index contributed by atoms with van der Waals surface area (Å²) in [5.41, 5.74) is 1.22. The van der Waals surface area contributed by atoms with E-state index in [4.69, 9.17) is 0 Å². The van der Waals surface area contributed by atoms with E-state index >= 15 is 0 Å². The average Bonchev–Trinajstić information content (AvgIpc) is 2.89. The molecule has 1 fully saturated rings. The molecular weight excluding hydrogens is 271 g/mol. The Morgan fingerprint density at radius 3 is 2.76 bits per heavy atom. The minimum absolute atomic E-state index is 0.178. The van der Waals surface area contributed by atoms with E-state index in [9.17, 15) is 14.3 Å². The van der Waals surface area contributed by atoms with Gasteiger partial charge in [-0.2, -0.15) is 0 Å². The van der Waals surface area contributed by atoms with Crippen LogP contribution in [0.4, 0.5) is 4.39 Å². The molecule has 1 aromatic carbocycles. The second-order valence-corrected chi connectivity index (χ2v) is 5.15. The molecule has 0 bridgehead atoms. The molecule has 108 valence electrons. The van der Waals surface area contributed by atoms with Gasteiger partial charge >= 0.3 is 0 Å². The second kappa shape index (κ2) is 5.61. The molecule has 0 radical (unpaired) electrons. The molecule has 0 saturated carbocycles. The van der Waals surface area contributed by atoms with E-state index in [0.717, 1.165) is 0 Å². The van der Waals surface area contributed by atoms with Crippen LogP contribution in [0.3, 0.4) is 0 Å². The van der Waals surface area contributed by atoms with E-state index in [-0.39, 0.29) is 24.3 Å². The lowest BCUT2D eigenvalue weighted by atomic mass is 10.0. The van der Waals surface area contributed by atoms with E-state index in [0.29, 0.717) is 17.5 Å². The summed E-state index contributed by atoms with van der Waals surface area (Å²) >= 11 is 0. The zero-order valence-corrected chi connectivity index (χ0v) is 11.3.